The average Bonchev–Trinajstić information content (AvgIpc) is 3.25. The minimum Gasteiger partial charge on any atom is -0.328 e. The van der Waals surface area contributed by atoms with Gasteiger partial charge in [0.1, 0.15) is 12.1 Å². The van der Waals surface area contributed by atoms with Crippen molar-refractivity contribution in [3.05, 3.63) is 17.5 Å². The maximum Gasteiger partial charge on any atom is 0.431 e. The SMILES string of the molecule is CN=C(NOC(=O)NC1CCC(N)CC1)[C@@H]1c2c(cnn2C)[C@H]2CN1C(=O)N2OS(=O)(=O)O. The number of amidine groups is 1. The van der Waals surface area contributed by atoms with Crippen molar-refractivity contribution in [1.82, 2.24) is 30.5 Å². The Balaban J connectivity index is 1.51. The number of rotatable bonds is 4. The minimum atomic E-state index is -4.94. The largest absolute Gasteiger partial charge is 0.431 e. The van der Waals surface area contributed by atoms with Crippen molar-refractivity contribution in [3.8, 4) is 0 Å². The first-order valence-electron chi connectivity index (χ1n) is 10.3. The number of nitrogens with one attached hydrogen (secondary N) is 2. The number of fused-ring (bicyclic) bond motifs is 4. The van der Waals surface area contributed by atoms with Gasteiger partial charge in [0.2, 0.25) is 0 Å². The maximum atomic E-state index is 12.9. The molecule has 0 unspecified atom stereocenters. The van der Waals surface area contributed by atoms with E-state index in [0.717, 1.165) is 25.7 Å². The van der Waals surface area contributed by atoms with Crippen molar-refractivity contribution in [2.24, 2.45) is 17.8 Å². The number of amides is 3. The van der Waals surface area contributed by atoms with Crippen LogP contribution in [0.1, 0.15) is 49.0 Å². The Labute approximate surface area is 189 Å². The van der Waals surface area contributed by atoms with Gasteiger partial charge in [0, 0.05) is 31.7 Å². The van der Waals surface area contributed by atoms with Gasteiger partial charge < -0.3 is 20.8 Å². The lowest BCUT2D eigenvalue weighted by Crippen LogP contribution is -2.47. The fourth-order valence-corrected chi connectivity index (χ4v) is 4.86. The van der Waals surface area contributed by atoms with Crippen molar-refractivity contribution in [1.29, 1.82) is 0 Å². The summed E-state index contributed by atoms with van der Waals surface area (Å²) in [5.41, 5.74) is 9.41. The normalized spacial score (nSPS) is 27.4. The summed E-state index contributed by atoms with van der Waals surface area (Å²) in [6.45, 7) is 0.0347. The van der Waals surface area contributed by atoms with Crippen molar-refractivity contribution >= 4 is 28.4 Å². The predicted octanol–water partition coefficient (Wildman–Crippen LogP) is -0.483. The number of hydroxylamine groups is 3. The molecule has 1 aromatic rings. The second kappa shape index (κ2) is 8.77. The molecule has 16 heteroatoms. The number of aliphatic imine (C=N–C) groups is 1. The molecule has 1 saturated carbocycles. The van der Waals surface area contributed by atoms with Gasteiger partial charge in [-0.3, -0.25) is 14.2 Å². The van der Waals surface area contributed by atoms with Gasteiger partial charge in [-0.2, -0.15) is 18.6 Å². The molecule has 33 heavy (non-hydrogen) atoms. The van der Waals surface area contributed by atoms with E-state index in [9.17, 15) is 18.0 Å². The Bertz CT molecular complexity index is 1070. The number of urea groups is 1. The summed E-state index contributed by atoms with van der Waals surface area (Å²) in [5.74, 6) is 0.112. The highest BCUT2D eigenvalue weighted by Crippen LogP contribution is 2.44. The highest BCUT2D eigenvalue weighted by Gasteiger charge is 2.53. The van der Waals surface area contributed by atoms with Gasteiger partial charge in [0.15, 0.2) is 5.84 Å². The Hall–Kier alpha value is -2.95. The molecule has 15 nitrogen and oxygen atoms in total. The van der Waals surface area contributed by atoms with E-state index in [0.29, 0.717) is 16.3 Å². The second-order valence-electron chi connectivity index (χ2n) is 8.15. The zero-order valence-corrected chi connectivity index (χ0v) is 18.9. The van der Waals surface area contributed by atoms with Gasteiger partial charge >= 0.3 is 22.5 Å². The van der Waals surface area contributed by atoms with Crippen LogP contribution in [0.15, 0.2) is 11.2 Å². The lowest BCUT2D eigenvalue weighted by Gasteiger charge is -2.32. The monoisotopic (exact) mass is 486 g/mol. The van der Waals surface area contributed by atoms with E-state index in [2.05, 4.69) is 25.2 Å². The van der Waals surface area contributed by atoms with Crippen LogP contribution in [-0.2, 0) is 26.6 Å². The average molecular weight is 487 g/mol. The summed E-state index contributed by atoms with van der Waals surface area (Å²) in [6, 6.07) is -2.42. The fourth-order valence-electron chi connectivity index (χ4n) is 4.49. The molecule has 0 spiro atoms. The number of nitrogens with zero attached hydrogens (tertiary/aromatic N) is 5. The molecular formula is C17H26N8O7S. The summed E-state index contributed by atoms with van der Waals surface area (Å²) < 4.78 is 37.6. The highest BCUT2D eigenvalue weighted by molar-refractivity contribution is 7.80. The van der Waals surface area contributed by atoms with Gasteiger partial charge in [-0.05, 0) is 25.7 Å². The summed E-state index contributed by atoms with van der Waals surface area (Å²) >= 11 is 0. The number of aryl methyl sites for hydroxylation is 1. The molecule has 3 amide bonds. The maximum absolute atomic E-state index is 12.9. The van der Waals surface area contributed by atoms with Crippen LogP contribution in [-0.4, -0.2) is 76.4 Å². The third-order valence-electron chi connectivity index (χ3n) is 6.05. The molecule has 2 fully saturated rings. The molecular weight excluding hydrogens is 460 g/mol. The van der Waals surface area contributed by atoms with E-state index in [1.807, 2.05) is 0 Å². The number of nitrogens with two attached hydrogens (primary N) is 1. The van der Waals surface area contributed by atoms with E-state index in [1.54, 1.807) is 7.05 Å². The Morgan fingerprint density at radius 1 is 1.33 bits per heavy atom. The summed E-state index contributed by atoms with van der Waals surface area (Å²) in [6.07, 6.45) is 3.88. The highest BCUT2D eigenvalue weighted by atomic mass is 32.3. The Kier molecular flexibility index (Phi) is 6.17. The topological polar surface area (TPSA) is 194 Å². The lowest BCUT2D eigenvalue weighted by atomic mass is 9.92. The summed E-state index contributed by atoms with van der Waals surface area (Å²) in [7, 11) is -1.85. The molecule has 1 aliphatic carbocycles. The van der Waals surface area contributed by atoms with Crippen molar-refractivity contribution < 1.29 is 31.7 Å². The van der Waals surface area contributed by atoms with Gasteiger partial charge in [-0.1, -0.05) is 0 Å². The molecule has 2 bridgehead atoms. The standard InChI is InChI=1S/C17H26N8O7S/c1-19-15(22-31-16(26)21-10-5-3-9(18)4-6-10)14-13-11(7-20-23(13)2)12-8-24(14)17(27)25(12)32-33(28,29)30/h7,9-10,12,14H,3-6,8,18H2,1-2H3,(H,19,22)(H,21,26)(H,28,29,30)/t9?,10?,12-,14+/m1/s1. The zero-order valence-electron chi connectivity index (χ0n) is 18.0. The van der Waals surface area contributed by atoms with E-state index < -0.39 is 34.6 Å². The molecule has 2 atom stereocenters. The lowest BCUT2D eigenvalue weighted by molar-refractivity contribution is -0.0316. The first kappa shape index (κ1) is 23.2. The molecule has 5 N–H and O–H groups in total. The van der Waals surface area contributed by atoms with Crippen LogP contribution >= 0.6 is 0 Å². The molecule has 3 aliphatic rings. The van der Waals surface area contributed by atoms with E-state index in [-0.39, 0.29) is 24.5 Å². The summed E-state index contributed by atoms with van der Waals surface area (Å²) in [5, 5.41) is 7.53. The van der Waals surface area contributed by atoms with Gasteiger partial charge in [0.05, 0.1) is 18.4 Å². The van der Waals surface area contributed by atoms with Gasteiger partial charge in [-0.15, -0.1) is 4.28 Å². The number of hydrogen-bond donors (Lipinski definition) is 4. The molecule has 2 aliphatic heterocycles. The Morgan fingerprint density at radius 3 is 2.67 bits per heavy atom. The van der Waals surface area contributed by atoms with Crippen molar-refractivity contribution in [2.45, 2.75) is 49.9 Å². The predicted molar refractivity (Wildman–Crippen MR) is 112 cm³/mol. The first-order chi connectivity index (χ1) is 15.6. The number of carbonyl (C=O) groups excluding carboxylic acids is 2. The quantitative estimate of drug-likeness (QED) is 0.187. The van der Waals surface area contributed by atoms with Gasteiger partial charge in [-0.25, -0.2) is 15.1 Å². The third-order valence-corrected chi connectivity index (χ3v) is 6.40. The van der Waals surface area contributed by atoms with Crippen LogP contribution in [0, 0.1) is 0 Å². The third kappa shape index (κ3) is 4.59. The van der Waals surface area contributed by atoms with E-state index in [1.165, 1.54) is 22.8 Å². The van der Waals surface area contributed by atoms with Crippen LogP contribution in [0.2, 0.25) is 0 Å². The van der Waals surface area contributed by atoms with Crippen LogP contribution in [0.3, 0.4) is 0 Å². The van der Waals surface area contributed by atoms with Crippen LogP contribution < -0.4 is 16.5 Å². The van der Waals surface area contributed by atoms with Gasteiger partial charge in [0.25, 0.3) is 0 Å². The number of carbonyl (C=O) groups is 2. The Morgan fingerprint density at radius 2 is 2.03 bits per heavy atom. The smallest absolute Gasteiger partial charge is 0.328 e. The molecule has 1 aromatic heterocycles. The number of hydrogen-bond acceptors (Lipinski definition) is 9. The molecule has 0 radical (unpaired) electrons. The minimum absolute atomic E-state index is 0.0347. The zero-order chi connectivity index (χ0) is 23.9. The molecule has 0 aromatic carbocycles. The van der Waals surface area contributed by atoms with Crippen LogP contribution in [0.5, 0.6) is 0 Å². The molecule has 3 heterocycles. The second-order valence-corrected chi connectivity index (χ2v) is 9.15. The van der Waals surface area contributed by atoms with E-state index >= 15 is 0 Å². The van der Waals surface area contributed by atoms with Crippen molar-refractivity contribution in [3.63, 3.8) is 0 Å². The molecule has 4 rings (SSSR count). The fraction of sp³-hybridized carbons (Fsp3) is 0.647. The number of aromatic nitrogens is 2. The molecule has 1 saturated heterocycles. The van der Waals surface area contributed by atoms with Crippen LogP contribution in [0.25, 0.3) is 0 Å². The molecule has 182 valence electrons. The van der Waals surface area contributed by atoms with Crippen molar-refractivity contribution in [2.75, 3.05) is 13.6 Å². The first-order valence-corrected chi connectivity index (χ1v) is 11.7. The van der Waals surface area contributed by atoms with E-state index in [4.69, 9.17) is 15.1 Å². The summed E-state index contributed by atoms with van der Waals surface area (Å²) in [4.78, 5) is 35.8. The van der Waals surface area contributed by atoms with Crippen LogP contribution in [0.4, 0.5) is 9.59 Å².